The van der Waals surface area contributed by atoms with E-state index >= 15 is 0 Å². The van der Waals surface area contributed by atoms with Gasteiger partial charge in [0.1, 0.15) is 5.82 Å². The highest BCUT2D eigenvalue weighted by atomic mass is 16.5. The topological polar surface area (TPSA) is 101 Å². The number of hydrogen-bond donors (Lipinski definition) is 4. The van der Waals surface area contributed by atoms with Crippen molar-refractivity contribution in [2.24, 2.45) is 5.92 Å². The minimum Gasteiger partial charge on any atom is -0.476 e. The molecule has 0 spiro atoms. The zero-order valence-electron chi connectivity index (χ0n) is 12.4. The third-order valence-corrected chi connectivity index (χ3v) is 3.12. The van der Waals surface area contributed by atoms with Gasteiger partial charge in [-0.25, -0.2) is 0 Å². The van der Waals surface area contributed by atoms with E-state index < -0.39 is 5.54 Å². The van der Waals surface area contributed by atoms with Crippen molar-refractivity contribution >= 4 is 11.5 Å². The lowest BCUT2D eigenvalue weighted by atomic mass is 9.98. The molecule has 0 aliphatic carbocycles. The van der Waals surface area contributed by atoms with Crippen LogP contribution in [0.15, 0.2) is 12.1 Å². The molecular formula is C14H25N3O3. The first-order valence-electron chi connectivity index (χ1n) is 6.85. The fraction of sp³-hybridized carbons (Fsp3) is 0.643. The van der Waals surface area contributed by atoms with Crippen molar-refractivity contribution in [3.05, 3.63) is 12.1 Å². The molecule has 0 fully saturated rings. The zero-order valence-corrected chi connectivity index (χ0v) is 12.4. The normalized spacial score (nSPS) is 11.7. The summed E-state index contributed by atoms with van der Waals surface area (Å²) in [6.45, 7) is 6.12. The van der Waals surface area contributed by atoms with E-state index in [1.54, 1.807) is 12.1 Å². The average molecular weight is 283 g/mol. The highest BCUT2D eigenvalue weighted by molar-refractivity contribution is 5.54. The number of hydrogen-bond acceptors (Lipinski definition) is 6. The van der Waals surface area contributed by atoms with E-state index in [-0.39, 0.29) is 13.2 Å². The van der Waals surface area contributed by atoms with Crippen LogP contribution in [0.25, 0.3) is 0 Å². The first-order valence-corrected chi connectivity index (χ1v) is 6.85. The van der Waals surface area contributed by atoms with Crippen molar-refractivity contribution < 1.29 is 14.9 Å². The first-order chi connectivity index (χ1) is 9.46. The predicted molar refractivity (Wildman–Crippen MR) is 79.8 cm³/mol. The molecule has 0 bridgehead atoms. The van der Waals surface area contributed by atoms with Crippen LogP contribution in [0.5, 0.6) is 5.88 Å². The molecule has 0 saturated heterocycles. The number of nitrogens with two attached hydrogens (primary N) is 1. The molecule has 0 aliphatic heterocycles. The van der Waals surface area contributed by atoms with Crippen molar-refractivity contribution in [2.75, 3.05) is 30.9 Å². The fourth-order valence-electron chi connectivity index (χ4n) is 1.59. The maximum Gasteiger partial charge on any atom is 0.239 e. The van der Waals surface area contributed by atoms with Gasteiger partial charge in [0.2, 0.25) is 5.88 Å². The van der Waals surface area contributed by atoms with Gasteiger partial charge in [-0.05, 0) is 24.5 Å². The minimum atomic E-state index is -0.793. The maximum absolute atomic E-state index is 9.43. The summed E-state index contributed by atoms with van der Waals surface area (Å²) in [5.41, 5.74) is 5.49. The Morgan fingerprint density at radius 3 is 2.50 bits per heavy atom. The smallest absolute Gasteiger partial charge is 0.239 e. The summed E-state index contributed by atoms with van der Waals surface area (Å²) in [6.07, 6.45) is 0.564. The molecule has 20 heavy (non-hydrogen) atoms. The number of aliphatic hydroxyl groups is 2. The van der Waals surface area contributed by atoms with Crippen molar-refractivity contribution in [1.29, 1.82) is 0 Å². The van der Waals surface area contributed by atoms with E-state index in [2.05, 4.69) is 10.3 Å². The molecule has 0 aliphatic rings. The third-order valence-electron chi connectivity index (χ3n) is 3.12. The van der Waals surface area contributed by atoms with Gasteiger partial charge in [0.25, 0.3) is 0 Å². The number of pyridine rings is 1. The van der Waals surface area contributed by atoms with Crippen LogP contribution < -0.4 is 15.8 Å². The molecule has 1 heterocycles. The van der Waals surface area contributed by atoms with E-state index in [0.717, 1.165) is 0 Å². The fourth-order valence-corrected chi connectivity index (χ4v) is 1.59. The van der Waals surface area contributed by atoms with Crippen LogP contribution in [-0.4, -0.2) is 40.6 Å². The molecule has 0 unspecified atom stereocenters. The lowest BCUT2D eigenvalue weighted by Crippen LogP contribution is -2.45. The molecule has 5 N–H and O–H groups in total. The Morgan fingerprint density at radius 1 is 1.35 bits per heavy atom. The molecule has 1 aromatic rings. The Kier molecular flexibility index (Phi) is 6.04. The van der Waals surface area contributed by atoms with Crippen molar-refractivity contribution in [2.45, 2.75) is 32.7 Å². The van der Waals surface area contributed by atoms with Crippen LogP contribution in [0.1, 0.15) is 27.2 Å². The summed E-state index contributed by atoms with van der Waals surface area (Å²) in [5.74, 6) is 1.25. The second-order valence-electron chi connectivity index (χ2n) is 5.37. The van der Waals surface area contributed by atoms with E-state index in [9.17, 15) is 10.2 Å². The zero-order chi connectivity index (χ0) is 15.2. The second kappa shape index (κ2) is 7.31. The van der Waals surface area contributed by atoms with E-state index in [1.807, 2.05) is 20.8 Å². The van der Waals surface area contributed by atoms with E-state index in [0.29, 0.717) is 36.3 Å². The highest BCUT2D eigenvalue weighted by Crippen LogP contribution is 2.24. The lowest BCUT2D eigenvalue weighted by Gasteiger charge is -2.30. The third kappa shape index (κ3) is 4.25. The van der Waals surface area contributed by atoms with Crippen LogP contribution >= 0.6 is 0 Å². The molecule has 0 radical (unpaired) electrons. The Hall–Kier alpha value is -1.53. The average Bonchev–Trinajstić information content (AvgIpc) is 2.45. The van der Waals surface area contributed by atoms with Crippen molar-refractivity contribution in [1.82, 2.24) is 4.98 Å². The number of ether oxygens (including phenoxy) is 1. The summed E-state index contributed by atoms with van der Waals surface area (Å²) >= 11 is 0. The molecule has 0 amide bonds. The SMILES string of the molecule is CCC(CO)(CO)Nc1ccc(N)c(OCC(C)C)n1. The molecule has 6 nitrogen and oxygen atoms in total. The van der Waals surface area contributed by atoms with Gasteiger partial charge < -0.3 is 26.0 Å². The number of nitrogens with zero attached hydrogens (tertiary/aromatic N) is 1. The Bertz CT molecular complexity index is 412. The first kappa shape index (κ1) is 16.5. The molecule has 0 saturated carbocycles. The molecule has 6 heteroatoms. The number of nitrogens with one attached hydrogen (secondary N) is 1. The predicted octanol–water partition coefficient (Wildman–Crippen LogP) is 1.24. The highest BCUT2D eigenvalue weighted by Gasteiger charge is 2.27. The summed E-state index contributed by atoms with van der Waals surface area (Å²) in [7, 11) is 0. The van der Waals surface area contributed by atoms with Crippen molar-refractivity contribution in [3.8, 4) is 5.88 Å². The van der Waals surface area contributed by atoms with Crippen LogP contribution in [0.2, 0.25) is 0 Å². The number of aliphatic hydroxyl groups excluding tert-OH is 2. The number of nitrogen functional groups attached to an aromatic ring is 1. The Morgan fingerprint density at radius 2 is 2.00 bits per heavy atom. The molecule has 0 atom stereocenters. The Balaban J connectivity index is 2.88. The second-order valence-corrected chi connectivity index (χ2v) is 5.37. The van der Waals surface area contributed by atoms with Gasteiger partial charge in [-0.15, -0.1) is 0 Å². The number of rotatable bonds is 8. The molecule has 1 aromatic heterocycles. The largest absolute Gasteiger partial charge is 0.476 e. The summed E-state index contributed by atoms with van der Waals surface area (Å²) in [6, 6.07) is 3.40. The van der Waals surface area contributed by atoms with Gasteiger partial charge in [0, 0.05) is 0 Å². The van der Waals surface area contributed by atoms with Crippen LogP contribution in [0, 0.1) is 5.92 Å². The van der Waals surface area contributed by atoms with Crippen LogP contribution in [-0.2, 0) is 0 Å². The van der Waals surface area contributed by atoms with Gasteiger partial charge in [-0.1, -0.05) is 20.8 Å². The molecule has 114 valence electrons. The molecular weight excluding hydrogens is 258 g/mol. The summed E-state index contributed by atoms with van der Waals surface area (Å²) in [4.78, 5) is 4.29. The van der Waals surface area contributed by atoms with Gasteiger partial charge in [-0.3, -0.25) is 0 Å². The molecule has 0 aromatic carbocycles. The van der Waals surface area contributed by atoms with Gasteiger partial charge in [0.15, 0.2) is 0 Å². The van der Waals surface area contributed by atoms with Gasteiger partial charge in [-0.2, -0.15) is 4.98 Å². The van der Waals surface area contributed by atoms with E-state index in [4.69, 9.17) is 10.5 Å². The summed E-state index contributed by atoms with van der Waals surface area (Å²) < 4.78 is 5.55. The monoisotopic (exact) mass is 283 g/mol. The van der Waals surface area contributed by atoms with Crippen LogP contribution in [0.4, 0.5) is 11.5 Å². The van der Waals surface area contributed by atoms with Gasteiger partial charge >= 0.3 is 0 Å². The van der Waals surface area contributed by atoms with E-state index in [1.165, 1.54) is 0 Å². The quantitative estimate of drug-likeness (QED) is 0.573. The minimum absolute atomic E-state index is 0.186. The Labute approximate surface area is 120 Å². The maximum atomic E-state index is 9.43. The number of aromatic nitrogens is 1. The lowest BCUT2D eigenvalue weighted by molar-refractivity contribution is 0.132. The number of anilines is 2. The van der Waals surface area contributed by atoms with Crippen molar-refractivity contribution in [3.63, 3.8) is 0 Å². The molecule has 1 rings (SSSR count). The van der Waals surface area contributed by atoms with Gasteiger partial charge in [0.05, 0.1) is 31.0 Å². The standard InChI is InChI=1S/C14H25N3O3/c1-4-14(8-18,9-19)17-12-6-5-11(15)13(16-12)20-7-10(2)3/h5-6,10,18-19H,4,7-9,15H2,1-3H3,(H,16,17). The summed E-state index contributed by atoms with van der Waals surface area (Å²) in [5, 5.41) is 21.9. The van der Waals surface area contributed by atoms with Crippen LogP contribution in [0.3, 0.4) is 0 Å².